The Morgan fingerprint density at radius 3 is 2.68 bits per heavy atom. The van der Waals surface area contributed by atoms with Gasteiger partial charge in [-0.3, -0.25) is 14.9 Å². The summed E-state index contributed by atoms with van der Waals surface area (Å²) in [6, 6.07) is 0. The molecule has 3 unspecified atom stereocenters. The van der Waals surface area contributed by atoms with Gasteiger partial charge < -0.3 is 10.4 Å². The summed E-state index contributed by atoms with van der Waals surface area (Å²) in [6.45, 7) is 4.55. The van der Waals surface area contributed by atoms with Crippen molar-refractivity contribution in [3.63, 3.8) is 0 Å². The first-order chi connectivity index (χ1) is 8.81. The lowest BCUT2D eigenvalue weighted by Gasteiger charge is -2.31. The number of amides is 1. The molecule has 0 aromatic carbocycles. The van der Waals surface area contributed by atoms with E-state index in [2.05, 4.69) is 11.9 Å². The number of carboxylic acids is 1. The zero-order valence-corrected chi connectivity index (χ0v) is 10.8. The van der Waals surface area contributed by atoms with Gasteiger partial charge in [0.2, 0.25) is 12.5 Å². The van der Waals surface area contributed by atoms with Crippen molar-refractivity contribution >= 4 is 11.9 Å². The van der Waals surface area contributed by atoms with Crippen LogP contribution in [0.2, 0.25) is 0 Å². The second-order valence-electron chi connectivity index (χ2n) is 5.00. The standard InChI is InChI=1S/C12H18N2O5/c1-3-4-10-5-9(7-14(18)19)6-12(10,11(16)17)13-8(2)15/h3,9-10H,1,4-7H2,2H3,(H,13,15)(H,16,17). The van der Waals surface area contributed by atoms with E-state index < -0.39 is 22.3 Å². The van der Waals surface area contributed by atoms with Gasteiger partial charge in [-0.15, -0.1) is 6.58 Å². The molecule has 0 radical (unpaired) electrons. The van der Waals surface area contributed by atoms with Crippen LogP contribution in [-0.2, 0) is 9.59 Å². The van der Waals surface area contributed by atoms with Crippen LogP contribution in [0.4, 0.5) is 0 Å². The molecule has 1 saturated carbocycles. The first-order valence-corrected chi connectivity index (χ1v) is 6.06. The maximum Gasteiger partial charge on any atom is 0.329 e. The molecule has 1 aliphatic carbocycles. The number of nitro groups is 1. The summed E-state index contributed by atoms with van der Waals surface area (Å²) >= 11 is 0. The van der Waals surface area contributed by atoms with Gasteiger partial charge in [0.25, 0.3) is 0 Å². The third-order valence-corrected chi connectivity index (χ3v) is 3.56. The third-order valence-electron chi connectivity index (χ3n) is 3.56. The number of carboxylic acid groups (broad SMARTS) is 1. The molecule has 0 saturated heterocycles. The Balaban J connectivity index is 3.02. The van der Waals surface area contributed by atoms with E-state index in [0.717, 1.165) is 0 Å². The molecule has 0 aromatic rings. The van der Waals surface area contributed by atoms with Crippen LogP contribution in [0.25, 0.3) is 0 Å². The zero-order valence-electron chi connectivity index (χ0n) is 10.8. The van der Waals surface area contributed by atoms with Crippen LogP contribution in [0.15, 0.2) is 12.7 Å². The number of hydrogen-bond acceptors (Lipinski definition) is 4. The predicted molar refractivity (Wildman–Crippen MR) is 67.1 cm³/mol. The van der Waals surface area contributed by atoms with Crippen molar-refractivity contribution in [3.05, 3.63) is 22.8 Å². The quantitative estimate of drug-likeness (QED) is 0.422. The highest BCUT2D eigenvalue weighted by Crippen LogP contribution is 2.42. The topological polar surface area (TPSA) is 110 Å². The van der Waals surface area contributed by atoms with Crippen molar-refractivity contribution < 1.29 is 19.6 Å². The van der Waals surface area contributed by atoms with E-state index in [-0.39, 0.29) is 24.8 Å². The summed E-state index contributed by atoms with van der Waals surface area (Å²) in [4.78, 5) is 32.9. The molecular formula is C12H18N2O5. The first-order valence-electron chi connectivity index (χ1n) is 6.06. The second kappa shape index (κ2) is 5.81. The normalized spacial score (nSPS) is 29.7. The Morgan fingerprint density at radius 2 is 2.26 bits per heavy atom. The molecule has 7 heteroatoms. The van der Waals surface area contributed by atoms with Crippen LogP contribution < -0.4 is 5.32 Å². The van der Waals surface area contributed by atoms with E-state index in [4.69, 9.17) is 0 Å². The molecule has 106 valence electrons. The number of carbonyl (C=O) groups excluding carboxylic acids is 1. The van der Waals surface area contributed by atoms with Gasteiger partial charge in [0.05, 0.1) is 0 Å². The highest BCUT2D eigenvalue weighted by molar-refractivity contribution is 5.86. The molecule has 3 atom stereocenters. The molecule has 1 amide bonds. The van der Waals surface area contributed by atoms with Crippen LogP contribution in [0.3, 0.4) is 0 Å². The largest absolute Gasteiger partial charge is 0.479 e. The van der Waals surface area contributed by atoms with Crippen LogP contribution in [0.5, 0.6) is 0 Å². The molecule has 1 fully saturated rings. The summed E-state index contributed by atoms with van der Waals surface area (Å²) in [5.41, 5.74) is -1.42. The number of aliphatic carboxylic acids is 1. The van der Waals surface area contributed by atoms with Gasteiger partial charge in [-0.05, 0) is 25.2 Å². The van der Waals surface area contributed by atoms with E-state index in [1.807, 2.05) is 0 Å². The molecular weight excluding hydrogens is 252 g/mol. The van der Waals surface area contributed by atoms with Gasteiger partial charge in [-0.2, -0.15) is 0 Å². The number of rotatable bonds is 6. The molecule has 0 aromatic heterocycles. The van der Waals surface area contributed by atoms with Crippen molar-refractivity contribution in [2.45, 2.75) is 31.7 Å². The molecule has 1 rings (SSSR count). The molecule has 0 bridgehead atoms. The Kier molecular flexibility index (Phi) is 4.63. The molecule has 1 aliphatic rings. The van der Waals surface area contributed by atoms with E-state index in [9.17, 15) is 24.8 Å². The smallest absolute Gasteiger partial charge is 0.329 e. The monoisotopic (exact) mass is 270 g/mol. The van der Waals surface area contributed by atoms with Crippen LogP contribution >= 0.6 is 0 Å². The summed E-state index contributed by atoms with van der Waals surface area (Å²) in [7, 11) is 0. The molecule has 0 spiro atoms. The summed E-state index contributed by atoms with van der Waals surface area (Å²) in [5, 5.41) is 22.5. The third kappa shape index (κ3) is 3.30. The fraction of sp³-hybridized carbons (Fsp3) is 0.667. The molecule has 7 nitrogen and oxygen atoms in total. The molecule has 19 heavy (non-hydrogen) atoms. The molecule has 2 N–H and O–H groups in total. The van der Waals surface area contributed by atoms with Gasteiger partial charge in [0, 0.05) is 17.8 Å². The average Bonchev–Trinajstić information content (AvgIpc) is 2.56. The maximum atomic E-state index is 11.6. The van der Waals surface area contributed by atoms with Gasteiger partial charge in [-0.1, -0.05) is 6.08 Å². The van der Waals surface area contributed by atoms with Crippen molar-refractivity contribution in [1.29, 1.82) is 0 Å². The summed E-state index contributed by atoms with van der Waals surface area (Å²) < 4.78 is 0. The number of nitrogens with zero attached hydrogens (tertiary/aromatic N) is 1. The van der Waals surface area contributed by atoms with Crippen molar-refractivity contribution in [2.75, 3.05) is 6.54 Å². The fourth-order valence-corrected chi connectivity index (χ4v) is 2.94. The lowest BCUT2D eigenvalue weighted by molar-refractivity contribution is -0.488. The highest BCUT2D eigenvalue weighted by atomic mass is 16.6. The van der Waals surface area contributed by atoms with Gasteiger partial charge in [0.1, 0.15) is 5.54 Å². The minimum absolute atomic E-state index is 0.0847. The fourth-order valence-electron chi connectivity index (χ4n) is 2.94. The second-order valence-corrected chi connectivity index (χ2v) is 5.00. The Hall–Kier alpha value is -1.92. The molecule has 0 heterocycles. The van der Waals surface area contributed by atoms with E-state index in [0.29, 0.717) is 12.8 Å². The number of allylic oxidation sites excluding steroid dienone is 1. The average molecular weight is 270 g/mol. The first kappa shape index (κ1) is 15.1. The van der Waals surface area contributed by atoms with Gasteiger partial charge >= 0.3 is 5.97 Å². The van der Waals surface area contributed by atoms with Crippen molar-refractivity contribution in [1.82, 2.24) is 5.32 Å². The lowest BCUT2D eigenvalue weighted by Crippen LogP contribution is -2.56. The van der Waals surface area contributed by atoms with Crippen LogP contribution in [0, 0.1) is 22.0 Å². The van der Waals surface area contributed by atoms with Gasteiger partial charge in [0.15, 0.2) is 0 Å². The Morgan fingerprint density at radius 1 is 1.63 bits per heavy atom. The van der Waals surface area contributed by atoms with E-state index in [1.54, 1.807) is 6.08 Å². The van der Waals surface area contributed by atoms with E-state index in [1.165, 1.54) is 6.92 Å². The minimum atomic E-state index is -1.42. The summed E-state index contributed by atoms with van der Waals surface area (Å²) in [6.07, 6.45) is 2.47. The number of hydrogen-bond donors (Lipinski definition) is 2. The highest BCUT2D eigenvalue weighted by Gasteiger charge is 2.54. The minimum Gasteiger partial charge on any atom is -0.479 e. The number of carbonyl (C=O) groups is 2. The van der Waals surface area contributed by atoms with E-state index >= 15 is 0 Å². The van der Waals surface area contributed by atoms with Crippen molar-refractivity contribution in [3.8, 4) is 0 Å². The SMILES string of the molecule is C=CCC1CC(C[N+](=O)[O-])CC1(NC(C)=O)C(=O)O. The van der Waals surface area contributed by atoms with Crippen molar-refractivity contribution in [2.24, 2.45) is 11.8 Å². The van der Waals surface area contributed by atoms with Crippen LogP contribution in [0.1, 0.15) is 26.2 Å². The van der Waals surface area contributed by atoms with Gasteiger partial charge in [-0.25, -0.2) is 4.79 Å². The Bertz CT molecular complexity index is 409. The zero-order chi connectivity index (χ0) is 14.6. The predicted octanol–water partition coefficient (Wildman–Crippen LogP) is 0.825. The Labute approximate surface area is 110 Å². The number of nitrogens with one attached hydrogen (secondary N) is 1. The maximum absolute atomic E-state index is 11.6. The van der Waals surface area contributed by atoms with Crippen LogP contribution in [-0.4, -0.2) is 34.0 Å². The summed E-state index contributed by atoms with van der Waals surface area (Å²) in [5.74, 6) is -2.29. The molecule has 0 aliphatic heterocycles. The lowest BCUT2D eigenvalue weighted by atomic mass is 9.84.